The molecule has 0 aromatic heterocycles. The fourth-order valence-corrected chi connectivity index (χ4v) is 1.11. The van der Waals surface area contributed by atoms with Gasteiger partial charge in [-0.15, -0.1) is 0 Å². The highest BCUT2D eigenvalue weighted by molar-refractivity contribution is 5.82. The van der Waals surface area contributed by atoms with Crippen LogP contribution in [-0.2, 0) is 9.59 Å². The molecule has 0 aromatic carbocycles. The number of carbonyl (C=O) groups is 2. The van der Waals surface area contributed by atoms with E-state index >= 15 is 0 Å². The van der Waals surface area contributed by atoms with Gasteiger partial charge >= 0.3 is 0 Å². The number of aliphatic hydroxyl groups excluding tert-OH is 1. The van der Waals surface area contributed by atoms with E-state index in [1.807, 2.05) is 0 Å². The highest BCUT2D eigenvalue weighted by Gasteiger charge is 2.12. The van der Waals surface area contributed by atoms with Crippen molar-refractivity contribution in [2.45, 2.75) is 25.8 Å². The molecule has 0 rings (SSSR count). The smallest absolute Gasteiger partial charge is 0.220 e. The van der Waals surface area contributed by atoms with Gasteiger partial charge in [0.15, 0.2) is 0 Å². The summed E-state index contributed by atoms with van der Waals surface area (Å²) in [5.74, 6) is -0.108. The molecule has 0 aromatic rings. The predicted octanol–water partition coefficient (Wildman–Crippen LogP) is -0.948. The van der Waals surface area contributed by atoms with Gasteiger partial charge in [0.25, 0.3) is 0 Å². The van der Waals surface area contributed by atoms with Crippen LogP contribution in [0.1, 0.15) is 19.8 Å². The minimum atomic E-state index is -0.255. The van der Waals surface area contributed by atoms with Crippen LogP contribution in [0.2, 0.25) is 0 Å². The maximum absolute atomic E-state index is 11.1. The second-order valence-electron chi connectivity index (χ2n) is 3.06. The first-order chi connectivity index (χ1) is 6.61. The highest BCUT2D eigenvalue weighted by atomic mass is 16.3. The molecule has 0 aliphatic heterocycles. The zero-order valence-corrected chi connectivity index (χ0v) is 8.67. The Hall–Kier alpha value is -0.940. The second kappa shape index (κ2) is 7.46. The molecule has 0 aliphatic carbocycles. The van der Waals surface area contributed by atoms with E-state index in [0.29, 0.717) is 12.8 Å². The minimum absolute atomic E-state index is 0.0301. The molecule has 0 fully saturated rings. The first kappa shape index (κ1) is 13.1. The standard InChI is InChI=1S/C9H18N2O3/c1-7(13)8(10-2)3-4-9(14)11-5-6-12/h8,10,12H,3-6H2,1-2H3,(H,11,14). The normalized spacial score (nSPS) is 12.2. The fraction of sp³-hybridized carbons (Fsp3) is 0.778. The summed E-state index contributed by atoms with van der Waals surface area (Å²) in [6, 6.07) is -0.255. The van der Waals surface area contributed by atoms with E-state index in [9.17, 15) is 9.59 Å². The molecule has 0 heterocycles. The Morgan fingerprint density at radius 3 is 2.50 bits per heavy atom. The Balaban J connectivity index is 3.68. The van der Waals surface area contributed by atoms with Crippen LogP contribution < -0.4 is 10.6 Å². The molecule has 0 saturated carbocycles. The van der Waals surface area contributed by atoms with Gasteiger partial charge in [-0.25, -0.2) is 0 Å². The Bertz CT molecular complexity index is 194. The molecule has 0 bridgehead atoms. The van der Waals surface area contributed by atoms with E-state index in [1.54, 1.807) is 7.05 Å². The third-order valence-corrected chi connectivity index (χ3v) is 1.93. The fourth-order valence-electron chi connectivity index (χ4n) is 1.11. The lowest BCUT2D eigenvalue weighted by atomic mass is 10.1. The molecular formula is C9H18N2O3. The Kier molecular flexibility index (Phi) is 6.96. The zero-order valence-electron chi connectivity index (χ0n) is 8.67. The molecule has 0 spiro atoms. The average Bonchev–Trinajstić information content (AvgIpc) is 2.15. The van der Waals surface area contributed by atoms with Crippen molar-refractivity contribution in [2.24, 2.45) is 0 Å². The summed E-state index contributed by atoms with van der Waals surface area (Å²) in [6.45, 7) is 1.70. The van der Waals surface area contributed by atoms with Crippen molar-refractivity contribution in [3.05, 3.63) is 0 Å². The molecule has 14 heavy (non-hydrogen) atoms. The molecule has 1 unspecified atom stereocenters. The summed E-state index contributed by atoms with van der Waals surface area (Å²) in [5.41, 5.74) is 0. The van der Waals surface area contributed by atoms with Crippen molar-refractivity contribution in [2.75, 3.05) is 20.2 Å². The summed E-state index contributed by atoms with van der Waals surface area (Å²) in [6.07, 6.45) is 0.786. The maximum Gasteiger partial charge on any atom is 0.220 e. The number of rotatable bonds is 7. The van der Waals surface area contributed by atoms with Crippen molar-refractivity contribution in [1.82, 2.24) is 10.6 Å². The summed E-state index contributed by atoms with van der Waals surface area (Å²) >= 11 is 0. The summed E-state index contributed by atoms with van der Waals surface area (Å²) in [4.78, 5) is 22.1. The summed E-state index contributed by atoms with van der Waals surface area (Å²) < 4.78 is 0. The lowest BCUT2D eigenvalue weighted by molar-refractivity contribution is -0.122. The van der Waals surface area contributed by atoms with E-state index in [2.05, 4.69) is 10.6 Å². The van der Waals surface area contributed by atoms with Crippen molar-refractivity contribution in [1.29, 1.82) is 0 Å². The second-order valence-corrected chi connectivity index (χ2v) is 3.06. The van der Waals surface area contributed by atoms with E-state index in [4.69, 9.17) is 5.11 Å². The quantitative estimate of drug-likeness (QED) is 0.497. The number of Topliss-reactive ketones (excluding diaryl/α,β-unsaturated/α-hetero) is 1. The molecule has 5 nitrogen and oxygen atoms in total. The van der Waals surface area contributed by atoms with Crippen LogP contribution in [0.25, 0.3) is 0 Å². The van der Waals surface area contributed by atoms with Crippen LogP contribution >= 0.6 is 0 Å². The third kappa shape index (κ3) is 5.66. The van der Waals surface area contributed by atoms with Crippen LogP contribution in [0.15, 0.2) is 0 Å². The van der Waals surface area contributed by atoms with Gasteiger partial charge in [-0.3, -0.25) is 9.59 Å². The molecule has 5 heteroatoms. The number of ketones is 1. The predicted molar refractivity (Wildman–Crippen MR) is 52.9 cm³/mol. The molecule has 0 radical (unpaired) electrons. The van der Waals surface area contributed by atoms with Crippen LogP contribution in [0.3, 0.4) is 0 Å². The van der Waals surface area contributed by atoms with Gasteiger partial charge in [0.1, 0.15) is 5.78 Å². The number of amides is 1. The van der Waals surface area contributed by atoms with E-state index in [1.165, 1.54) is 6.92 Å². The Morgan fingerprint density at radius 2 is 2.07 bits per heavy atom. The van der Waals surface area contributed by atoms with Crippen LogP contribution in [-0.4, -0.2) is 43.0 Å². The molecular weight excluding hydrogens is 184 g/mol. The minimum Gasteiger partial charge on any atom is -0.395 e. The summed E-state index contributed by atoms with van der Waals surface area (Å²) in [5, 5.41) is 13.8. The summed E-state index contributed by atoms with van der Waals surface area (Å²) in [7, 11) is 1.69. The van der Waals surface area contributed by atoms with E-state index in [0.717, 1.165) is 0 Å². The topological polar surface area (TPSA) is 78.4 Å². The first-order valence-electron chi connectivity index (χ1n) is 4.67. The van der Waals surface area contributed by atoms with Gasteiger partial charge in [0, 0.05) is 13.0 Å². The first-order valence-corrected chi connectivity index (χ1v) is 4.67. The Morgan fingerprint density at radius 1 is 1.43 bits per heavy atom. The van der Waals surface area contributed by atoms with Gasteiger partial charge in [-0.2, -0.15) is 0 Å². The molecule has 82 valence electrons. The zero-order chi connectivity index (χ0) is 11.0. The number of hydrogen-bond acceptors (Lipinski definition) is 4. The number of carbonyl (C=O) groups excluding carboxylic acids is 2. The van der Waals surface area contributed by atoms with E-state index in [-0.39, 0.29) is 30.9 Å². The number of likely N-dealkylation sites (N-methyl/N-ethyl adjacent to an activating group) is 1. The van der Waals surface area contributed by atoms with Gasteiger partial charge in [-0.1, -0.05) is 0 Å². The van der Waals surface area contributed by atoms with Crippen molar-refractivity contribution < 1.29 is 14.7 Å². The lowest BCUT2D eigenvalue weighted by Crippen LogP contribution is -2.34. The number of nitrogens with one attached hydrogen (secondary N) is 2. The Labute approximate surface area is 83.9 Å². The molecule has 0 saturated heterocycles. The lowest BCUT2D eigenvalue weighted by Gasteiger charge is -2.11. The SMILES string of the molecule is CNC(CCC(=O)NCCO)C(C)=O. The molecule has 3 N–H and O–H groups in total. The number of aliphatic hydroxyl groups is 1. The van der Waals surface area contributed by atoms with Crippen LogP contribution in [0.4, 0.5) is 0 Å². The average molecular weight is 202 g/mol. The van der Waals surface area contributed by atoms with Gasteiger partial charge in [-0.05, 0) is 20.4 Å². The van der Waals surface area contributed by atoms with Gasteiger partial charge < -0.3 is 15.7 Å². The van der Waals surface area contributed by atoms with Crippen molar-refractivity contribution >= 4 is 11.7 Å². The van der Waals surface area contributed by atoms with E-state index < -0.39 is 0 Å². The number of hydrogen-bond donors (Lipinski definition) is 3. The molecule has 1 atom stereocenters. The van der Waals surface area contributed by atoms with Gasteiger partial charge in [0.05, 0.1) is 12.6 Å². The molecule has 1 amide bonds. The van der Waals surface area contributed by atoms with Crippen molar-refractivity contribution in [3.63, 3.8) is 0 Å². The monoisotopic (exact) mass is 202 g/mol. The maximum atomic E-state index is 11.1. The highest BCUT2D eigenvalue weighted by Crippen LogP contribution is 1.97. The van der Waals surface area contributed by atoms with Crippen LogP contribution in [0, 0.1) is 0 Å². The largest absolute Gasteiger partial charge is 0.395 e. The molecule has 0 aliphatic rings. The third-order valence-electron chi connectivity index (χ3n) is 1.93. The van der Waals surface area contributed by atoms with Crippen molar-refractivity contribution in [3.8, 4) is 0 Å². The van der Waals surface area contributed by atoms with Gasteiger partial charge in [0.2, 0.25) is 5.91 Å². The van der Waals surface area contributed by atoms with Crippen LogP contribution in [0.5, 0.6) is 0 Å².